The van der Waals surface area contributed by atoms with E-state index in [0.29, 0.717) is 17.1 Å². The van der Waals surface area contributed by atoms with Gasteiger partial charge in [-0.05, 0) is 30.4 Å². The van der Waals surface area contributed by atoms with E-state index in [-0.39, 0.29) is 18.7 Å². The number of aliphatic hydroxyl groups is 2. The minimum Gasteiger partial charge on any atom is -0.437 e. The lowest BCUT2D eigenvalue weighted by Gasteiger charge is -2.21. The van der Waals surface area contributed by atoms with Crippen LogP contribution >= 0.6 is 0 Å². The Balaban J connectivity index is 1.42. The molecule has 0 bridgehead atoms. The monoisotopic (exact) mass is 410 g/mol. The molecular formula is C23H26N2O5. The number of aromatic nitrogens is 2. The summed E-state index contributed by atoms with van der Waals surface area (Å²) >= 11 is 0. The first kappa shape index (κ1) is 19.5. The second-order valence-corrected chi connectivity index (χ2v) is 8.37. The molecule has 5 rings (SSSR count). The summed E-state index contributed by atoms with van der Waals surface area (Å²) in [6.45, 7) is -0.297. The molecule has 1 aliphatic heterocycles. The van der Waals surface area contributed by atoms with Crippen molar-refractivity contribution in [3.8, 4) is 11.3 Å². The Labute approximate surface area is 173 Å². The number of fused-ring (bicyclic) bond motifs is 1. The summed E-state index contributed by atoms with van der Waals surface area (Å²) in [5.41, 5.74) is 2.09. The van der Waals surface area contributed by atoms with Gasteiger partial charge in [0.1, 0.15) is 18.1 Å². The van der Waals surface area contributed by atoms with Crippen LogP contribution in [0, 0.1) is 0 Å². The minimum atomic E-state index is -0.815. The summed E-state index contributed by atoms with van der Waals surface area (Å²) in [6.07, 6.45) is 6.18. The molecule has 2 aliphatic rings. The van der Waals surface area contributed by atoms with Crippen molar-refractivity contribution in [1.29, 1.82) is 0 Å². The number of furan rings is 1. The fraction of sp³-hybridized carbons (Fsp3) is 0.478. The smallest absolute Gasteiger partial charge is 0.353 e. The van der Waals surface area contributed by atoms with Crippen LogP contribution in [0.15, 0.2) is 45.7 Å². The van der Waals surface area contributed by atoms with Gasteiger partial charge in [0.15, 0.2) is 0 Å². The van der Waals surface area contributed by atoms with E-state index in [1.54, 1.807) is 6.20 Å². The van der Waals surface area contributed by atoms with Crippen LogP contribution in [0.4, 0.5) is 0 Å². The van der Waals surface area contributed by atoms with E-state index in [2.05, 4.69) is 29.2 Å². The van der Waals surface area contributed by atoms with Gasteiger partial charge in [0.2, 0.25) is 5.71 Å². The first-order chi connectivity index (χ1) is 14.6. The predicted octanol–water partition coefficient (Wildman–Crippen LogP) is 3.34. The normalized spacial score (nSPS) is 25.2. The molecule has 0 spiro atoms. The van der Waals surface area contributed by atoms with Gasteiger partial charge in [0, 0.05) is 18.2 Å². The van der Waals surface area contributed by atoms with E-state index in [0.717, 1.165) is 5.56 Å². The topological polar surface area (TPSA) is 97.7 Å². The summed E-state index contributed by atoms with van der Waals surface area (Å²) in [4.78, 5) is 16.5. The third-order valence-corrected chi connectivity index (χ3v) is 6.40. The highest BCUT2D eigenvalue weighted by atomic mass is 16.5. The fourth-order valence-corrected chi connectivity index (χ4v) is 4.68. The maximum Gasteiger partial charge on any atom is 0.353 e. The third-order valence-electron chi connectivity index (χ3n) is 6.40. The van der Waals surface area contributed by atoms with Crippen LogP contribution in [0.1, 0.15) is 56.2 Å². The molecule has 3 aromatic rings. The average molecular weight is 410 g/mol. The zero-order valence-corrected chi connectivity index (χ0v) is 16.7. The Kier molecular flexibility index (Phi) is 5.18. The highest BCUT2D eigenvalue weighted by Gasteiger charge is 2.35. The van der Waals surface area contributed by atoms with Gasteiger partial charge in [0.05, 0.1) is 18.1 Å². The number of aliphatic hydroxyl groups excluding tert-OH is 2. The van der Waals surface area contributed by atoms with Gasteiger partial charge in [-0.3, -0.25) is 4.57 Å². The molecule has 2 aromatic heterocycles. The predicted molar refractivity (Wildman–Crippen MR) is 111 cm³/mol. The van der Waals surface area contributed by atoms with Crippen LogP contribution in [0.2, 0.25) is 0 Å². The van der Waals surface area contributed by atoms with Crippen LogP contribution in [-0.2, 0) is 4.74 Å². The first-order valence-electron chi connectivity index (χ1n) is 10.7. The van der Waals surface area contributed by atoms with Crippen molar-refractivity contribution in [2.75, 3.05) is 6.61 Å². The Morgan fingerprint density at radius 1 is 1.13 bits per heavy atom. The molecule has 2 N–H and O–H groups in total. The van der Waals surface area contributed by atoms with Gasteiger partial charge in [-0.2, -0.15) is 4.98 Å². The standard InChI is InChI=1S/C23H26N2O5/c26-13-20-18(27)11-21(29-20)25-12-17-10-19(30-22(17)24-23(25)28)16-8-6-15(7-9-16)14-4-2-1-3-5-14/h6-10,12,14,18,20-21,26-27H,1-5,11,13H2/t18-,20+,21+/m0/s1. The van der Waals surface area contributed by atoms with Crippen molar-refractivity contribution < 1.29 is 19.4 Å². The molecule has 0 amide bonds. The quantitative estimate of drug-likeness (QED) is 0.685. The molecule has 3 heterocycles. The van der Waals surface area contributed by atoms with Crippen LogP contribution < -0.4 is 5.69 Å². The summed E-state index contributed by atoms with van der Waals surface area (Å²) in [7, 11) is 0. The summed E-state index contributed by atoms with van der Waals surface area (Å²) in [6, 6.07) is 10.3. The highest BCUT2D eigenvalue weighted by Crippen LogP contribution is 2.34. The van der Waals surface area contributed by atoms with E-state index in [1.807, 2.05) is 6.07 Å². The molecule has 1 saturated heterocycles. The van der Waals surface area contributed by atoms with E-state index >= 15 is 0 Å². The molecule has 1 aromatic carbocycles. The maximum absolute atomic E-state index is 12.5. The van der Waals surface area contributed by atoms with Crippen molar-refractivity contribution in [2.24, 2.45) is 0 Å². The van der Waals surface area contributed by atoms with Crippen LogP contribution in [0.25, 0.3) is 22.4 Å². The van der Waals surface area contributed by atoms with Crippen molar-refractivity contribution in [3.63, 3.8) is 0 Å². The molecule has 1 aliphatic carbocycles. The molecule has 158 valence electrons. The van der Waals surface area contributed by atoms with Crippen LogP contribution in [-0.4, -0.2) is 38.6 Å². The number of rotatable bonds is 4. The number of hydrogen-bond acceptors (Lipinski definition) is 6. The number of hydrogen-bond donors (Lipinski definition) is 2. The molecule has 0 unspecified atom stereocenters. The molecule has 7 nitrogen and oxygen atoms in total. The summed E-state index contributed by atoms with van der Waals surface area (Å²) in [5, 5.41) is 19.9. The molecular weight excluding hydrogens is 384 g/mol. The molecule has 3 atom stereocenters. The first-order valence-corrected chi connectivity index (χ1v) is 10.7. The molecule has 7 heteroatoms. The molecule has 1 saturated carbocycles. The zero-order valence-electron chi connectivity index (χ0n) is 16.7. The van der Waals surface area contributed by atoms with Gasteiger partial charge < -0.3 is 19.4 Å². The largest absolute Gasteiger partial charge is 0.437 e. The lowest BCUT2D eigenvalue weighted by atomic mass is 9.84. The number of benzene rings is 1. The SMILES string of the molecule is O=c1nc2oc(-c3ccc(C4CCCCC4)cc3)cc2cn1[C@H]1C[C@H](O)[C@@H](CO)O1. The van der Waals surface area contributed by atoms with Crippen LogP contribution in [0.3, 0.4) is 0 Å². The van der Waals surface area contributed by atoms with E-state index in [4.69, 9.17) is 9.15 Å². The lowest BCUT2D eigenvalue weighted by Crippen LogP contribution is -2.27. The van der Waals surface area contributed by atoms with Gasteiger partial charge in [0.25, 0.3) is 0 Å². The third kappa shape index (κ3) is 3.57. The van der Waals surface area contributed by atoms with E-state index in [1.165, 1.54) is 42.2 Å². The second kappa shape index (κ2) is 7.98. The Morgan fingerprint density at radius 3 is 2.60 bits per heavy atom. The summed E-state index contributed by atoms with van der Waals surface area (Å²) in [5.74, 6) is 1.31. The minimum absolute atomic E-state index is 0.228. The lowest BCUT2D eigenvalue weighted by molar-refractivity contribution is -0.0457. The second-order valence-electron chi connectivity index (χ2n) is 8.37. The molecule has 30 heavy (non-hydrogen) atoms. The Morgan fingerprint density at radius 2 is 1.90 bits per heavy atom. The van der Waals surface area contributed by atoms with Crippen molar-refractivity contribution in [2.45, 2.75) is 62.9 Å². The number of ether oxygens (including phenoxy) is 1. The number of nitrogens with zero attached hydrogens (tertiary/aromatic N) is 2. The van der Waals surface area contributed by atoms with Crippen molar-refractivity contribution in [1.82, 2.24) is 9.55 Å². The van der Waals surface area contributed by atoms with Gasteiger partial charge in [-0.25, -0.2) is 4.79 Å². The van der Waals surface area contributed by atoms with E-state index < -0.39 is 24.1 Å². The maximum atomic E-state index is 12.5. The van der Waals surface area contributed by atoms with Crippen LogP contribution in [0.5, 0.6) is 0 Å². The average Bonchev–Trinajstić information content (AvgIpc) is 3.36. The van der Waals surface area contributed by atoms with Gasteiger partial charge in [-0.15, -0.1) is 0 Å². The molecule has 2 fully saturated rings. The van der Waals surface area contributed by atoms with Crippen molar-refractivity contribution in [3.05, 3.63) is 52.6 Å². The fourth-order valence-electron chi connectivity index (χ4n) is 4.68. The van der Waals surface area contributed by atoms with Gasteiger partial charge in [-0.1, -0.05) is 43.5 Å². The highest BCUT2D eigenvalue weighted by molar-refractivity contribution is 5.79. The summed E-state index contributed by atoms with van der Waals surface area (Å²) < 4.78 is 12.8. The van der Waals surface area contributed by atoms with E-state index in [9.17, 15) is 15.0 Å². The van der Waals surface area contributed by atoms with Gasteiger partial charge >= 0.3 is 5.69 Å². The Bertz CT molecular complexity index is 1080. The van der Waals surface area contributed by atoms with Crippen molar-refractivity contribution >= 4 is 11.1 Å². The Hall–Kier alpha value is -2.48. The molecule has 0 radical (unpaired) electrons. The zero-order chi connectivity index (χ0) is 20.7.